The van der Waals surface area contributed by atoms with Gasteiger partial charge in [0, 0.05) is 17.8 Å². The quantitative estimate of drug-likeness (QED) is 0.744. The third kappa shape index (κ3) is 4.71. The molecule has 1 heterocycles. The zero-order valence-electron chi connectivity index (χ0n) is 11.6. The van der Waals surface area contributed by atoms with E-state index in [0.717, 1.165) is 6.42 Å². The summed E-state index contributed by atoms with van der Waals surface area (Å²) < 4.78 is 21.9. The van der Waals surface area contributed by atoms with E-state index in [0.29, 0.717) is 19.6 Å². The first-order valence-corrected chi connectivity index (χ1v) is 9.14. The molecule has 21 heavy (non-hydrogen) atoms. The van der Waals surface area contributed by atoms with Crippen molar-refractivity contribution in [2.75, 3.05) is 13.2 Å². The highest BCUT2D eigenvalue weighted by atomic mass is 35.7. The minimum atomic E-state index is -4.03. The average molecular weight is 334 g/mol. The van der Waals surface area contributed by atoms with Gasteiger partial charge in [-0.25, -0.2) is 9.36 Å². The predicted octanol–water partition coefficient (Wildman–Crippen LogP) is 3.37. The molecular formula is C13H17ClNO5P. The number of hydrogen-bond donors (Lipinski definition) is 0. The third-order valence-electron chi connectivity index (χ3n) is 2.93. The van der Waals surface area contributed by atoms with E-state index < -0.39 is 19.0 Å². The minimum Gasteiger partial charge on any atom is -0.405 e. The number of rotatable bonds is 6. The van der Waals surface area contributed by atoms with Crippen LogP contribution in [0.3, 0.4) is 0 Å². The molecule has 1 aromatic carbocycles. The van der Waals surface area contributed by atoms with Crippen LogP contribution in [0, 0.1) is 0 Å². The molecule has 1 aromatic rings. The minimum absolute atomic E-state index is 0.275. The molecule has 1 aliphatic heterocycles. The first-order chi connectivity index (χ1) is 10.0. The lowest BCUT2D eigenvalue weighted by Gasteiger charge is -2.22. The maximum Gasteiger partial charge on any atom is 0.532 e. The van der Waals surface area contributed by atoms with Crippen LogP contribution in [-0.2, 0) is 18.7 Å². The van der Waals surface area contributed by atoms with Crippen molar-refractivity contribution in [1.82, 2.24) is 5.06 Å². The Hall–Kier alpha value is -1.07. The predicted molar refractivity (Wildman–Crippen MR) is 78.0 cm³/mol. The normalized spacial score (nSPS) is 21.7. The highest BCUT2D eigenvalue weighted by Crippen LogP contribution is 2.53. The molecule has 1 saturated heterocycles. The van der Waals surface area contributed by atoms with Gasteiger partial charge in [-0.1, -0.05) is 18.2 Å². The van der Waals surface area contributed by atoms with Crippen LogP contribution in [0.15, 0.2) is 30.3 Å². The molecule has 0 spiro atoms. The molecule has 0 aromatic heterocycles. The highest BCUT2D eigenvalue weighted by molar-refractivity contribution is 7.82. The van der Waals surface area contributed by atoms with Crippen LogP contribution in [0.2, 0.25) is 0 Å². The first kappa shape index (κ1) is 16.3. The summed E-state index contributed by atoms with van der Waals surface area (Å²) in [6, 6.07) is 7.71. The lowest BCUT2D eigenvalue weighted by molar-refractivity contribution is -0.181. The second-order valence-corrected chi connectivity index (χ2v) is 6.93. The van der Waals surface area contributed by atoms with Crippen molar-refractivity contribution in [3.8, 4) is 5.75 Å². The molecule has 0 N–H and O–H groups in total. The van der Waals surface area contributed by atoms with Gasteiger partial charge >= 0.3 is 12.9 Å². The Morgan fingerprint density at radius 1 is 1.43 bits per heavy atom. The number of halogens is 1. The number of benzene rings is 1. The SMILES string of the molecule is CCON1CCC[C@H]1C(=O)OP(=O)(Cl)Oc1ccccc1. The fourth-order valence-corrected chi connectivity index (χ4v) is 3.28. The zero-order chi connectivity index (χ0) is 15.3. The van der Waals surface area contributed by atoms with E-state index in [1.165, 1.54) is 5.06 Å². The number of hydrogen-bond acceptors (Lipinski definition) is 6. The van der Waals surface area contributed by atoms with Crippen molar-refractivity contribution in [3.05, 3.63) is 30.3 Å². The summed E-state index contributed by atoms with van der Waals surface area (Å²) in [6.07, 6.45) is 1.37. The van der Waals surface area contributed by atoms with Crippen LogP contribution < -0.4 is 4.52 Å². The molecule has 2 atom stereocenters. The monoisotopic (exact) mass is 333 g/mol. The van der Waals surface area contributed by atoms with E-state index in [9.17, 15) is 9.36 Å². The van der Waals surface area contributed by atoms with Crippen LogP contribution in [0.5, 0.6) is 5.75 Å². The van der Waals surface area contributed by atoms with Crippen molar-refractivity contribution in [2.24, 2.45) is 0 Å². The Kier molecular flexibility index (Phi) is 5.65. The molecule has 0 amide bonds. The number of para-hydroxylation sites is 1. The first-order valence-electron chi connectivity index (χ1n) is 6.69. The summed E-state index contributed by atoms with van der Waals surface area (Å²) >= 11 is 5.70. The van der Waals surface area contributed by atoms with Gasteiger partial charge in [0.05, 0.1) is 6.61 Å². The molecule has 0 radical (unpaired) electrons. The molecule has 1 aliphatic rings. The van der Waals surface area contributed by atoms with Gasteiger partial charge in [0.15, 0.2) is 0 Å². The van der Waals surface area contributed by atoms with E-state index in [2.05, 4.69) is 0 Å². The molecule has 8 heteroatoms. The molecule has 1 unspecified atom stereocenters. The molecule has 116 valence electrons. The van der Waals surface area contributed by atoms with E-state index in [1.807, 2.05) is 6.92 Å². The number of hydroxylamine groups is 2. The van der Waals surface area contributed by atoms with Crippen molar-refractivity contribution in [1.29, 1.82) is 0 Å². The van der Waals surface area contributed by atoms with Gasteiger partial charge in [0.2, 0.25) is 0 Å². The van der Waals surface area contributed by atoms with Crippen LogP contribution in [0.1, 0.15) is 19.8 Å². The van der Waals surface area contributed by atoms with Crippen molar-refractivity contribution in [2.45, 2.75) is 25.8 Å². The Morgan fingerprint density at radius 2 is 2.14 bits per heavy atom. The highest BCUT2D eigenvalue weighted by Gasteiger charge is 2.38. The van der Waals surface area contributed by atoms with Crippen molar-refractivity contribution in [3.63, 3.8) is 0 Å². The maximum atomic E-state index is 12.1. The van der Waals surface area contributed by atoms with Crippen LogP contribution in [0.4, 0.5) is 0 Å². The van der Waals surface area contributed by atoms with E-state index in [4.69, 9.17) is 25.1 Å². The molecule has 6 nitrogen and oxygen atoms in total. The Labute approximate surface area is 128 Å². The molecule has 0 bridgehead atoms. The Morgan fingerprint density at radius 3 is 2.81 bits per heavy atom. The fourth-order valence-electron chi connectivity index (χ4n) is 2.09. The second kappa shape index (κ2) is 7.27. The van der Waals surface area contributed by atoms with Crippen molar-refractivity contribution < 1.29 is 23.2 Å². The summed E-state index contributed by atoms with van der Waals surface area (Å²) in [6.45, 7) is -1.13. The smallest absolute Gasteiger partial charge is 0.405 e. The van der Waals surface area contributed by atoms with Gasteiger partial charge < -0.3 is 9.05 Å². The molecule has 1 fully saturated rings. The number of carbonyl (C=O) groups excluding carboxylic acids is 1. The third-order valence-corrected chi connectivity index (χ3v) is 4.17. The van der Waals surface area contributed by atoms with E-state index in [1.54, 1.807) is 30.3 Å². The van der Waals surface area contributed by atoms with Crippen LogP contribution in [-0.4, -0.2) is 30.2 Å². The lowest BCUT2D eigenvalue weighted by atomic mass is 10.2. The van der Waals surface area contributed by atoms with Crippen LogP contribution in [0.25, 0.3) is 0 Å². The summed E-state index contributed by atoms with van der Waals surface area (Å²) in [5.41, 5.74) is 0. The lowest BCUT2D eigenvalue weighted by Crippen LogP contribution is -2.36. The van der Waals surface area contributed by atoms with Gasteiger partial charge in [-0.3, -0.25) is 4.84 Å². The molecule has 2 rings (SSSR count). The van der Waals surface area contributed by atoms with E-state index in [-0.39, 0.29) is 5.75 Å². The molecular weight excluding hydrogens is 317 g/mol. The number of nitrogens with zero attached hydrogens (tertiary/aromatic N) is 1. The standard InChI is InChI=1S/C13H17ClNO5P/c1-2-18-15-10-6-9-12(15)13(16)20-21(14,17)19-11-7-4-3-5-8-11/h3-5,7-8,12H,2,6,9-10H2,1H3/t12-,21?/m0/s1. The molecule has 0 aliphatic carbocycles. The Bertz CT molecular complexity index is 527. The van der Waals surface area contributed by atoms with Gasteiger partial charge in [-0.2, -0.15) is 5.06 Å². The summed E-state index contributed by atoms with van der Waals surface area (Å²) in [7, 11) is 0. The maximum absolute atomic E-state index is 12.1. The zero-order valence-corrected chi connectivity index (χ0v) is 13.3. The average Bonchev–Trinajstić information content (AvgIpc) is 2.87. The summed E-state index contributed by atoms with van der Waals surface area (Å²) in [4.78, 5) is 17.4. The summed E-state index contributed by atoms with van der Waals surface area (Å²) in [5.74, 6) is -0.424. The van der Waals surface area contributed by atoms with Crippen LogP contribution >= 0.6 is 18.2 Å². The Balaban J connectivity index is 1.96. The topological polar surface area (TPSA) is 65.1 Å². The van der Waals surface area contributed by atoms with Gasteiger partial charge in [0.25, 0.3) is 0 Å². The van der Waals surface area contributed by atoms with E-state index >= 15 is 0 Å². The second-order valence-electron chi connectivity index (χ2n) is 4.46. The summed E-state index contributed by atoms with van der Waals surface area (Å²) in [5, 5.41) is 1.53. The van der Waals surface area contributed by atoms with Gasteiger partial charge in [-0.15, -0.1) is 0 Å². The fraction of sp³-hybridized carbons (Fsp3) is 0.462. The molecule has 0 saturated carbocycles. The number of carbonyl (C=O) groups is 1. The van der Waals surface area contributed by atoms with Gasteiger partial charge in [-0.05, 0) is 31.9 Å². The van der Waals surface area contributed by atoms with Crippen molar-refractivity contribution >= 4 is 24.2 Å². The largest absolute Gasteiger partial charge is 0.532 e. The van der Waals surface area contributed by atoms with Gasteiger partial charge in [0.1, 0.15) is 11.8 Å².